The van der Waals surface area contributed by atoms with Gasteiger partial charge in [-0.05, 0) is 13.3 Å². The van der Waals surface area contributed by atoms with Crippen molar-refractivity contribution in [2.75, 3.05) is 13.1 Å². The first-order valence-electron chi connectivity index (χ1n) is 3.74. The zero-order valence-corrected chi connectivity index (χ0v) is 6.48. The molecule has 0 aliphatic carbocycles. The van der Waals surface area contributed by atoms with Gasteiger partial charge < -0.3 is 11.1 Å². The number of nitrogens with two attached hydrogens (primary N) is 1. The van der Waals surface area contributed by atoms with E-state index in [1.54, 1.807) is 0 Å². The molecule has 0 saturated carbocycles. The standard InChI is InChI=1S/C7H18N2/c1-3-4-7(2)9-6-5-8/h7,9H,3-6,8H2,1-2H3. The molecule has 2 heteroatoms. The number of hydrogen-bond acceptors (Lipinski definition) is 2. The molecule has 0 aromatic carbocycles. The summed E-state index contributed by atoms with van der Waals surface area (Å²) in [5.74, 6) is 0. The van der Waals surface area contributed by atoms with E-state index in [9.17, 15) is 0 Å². The molecule has 0 saturated heterocycles. The lowest BCUT2D eigenvalue weighted by Crippen LogP contribution is -2.30. The van der Waals surface area contributed by atoms with Gasteiger partial charge >= 0.3 is 0 Å². The molecular weight excluding hydrogens is 112 g/mol. The molecule has 0 aromatic rings. The maximum Gasteiger partial charge on any atom is 0.00769 e. The van der Waals surface area contributed by atoms with Crippen molar-refractivity contribution in [2.45, 2.75) is 32.7 Å². The molecule has 3 N–H and O–H groups in total. The molecule has 0 fully saturated rings. The molecule has 1 unspecified atom stereocenters. The first-order chi connectivity index (χ1) is 4.31. The molecule has 2 nitrogen and oxygen atoms in total. The molecule has 1 atom stereocenters. The zero-order valence-electron chi connectivity index (χ0n) is 6.48. The molecule has 0 aliphatic heterocycles. The van der Waals surface area contributed by atoms with E-state index in [0.29, 0.717) is 6.04 Å². The van der Waals surface area contributed by atoms with Crippen molar-refractivity contribution >= 4 is 0 Å². The van der Waals surface area contributed by atoms with Gasteiger partial charge in [-0.15, -0.1) is 0 Å². The average molecular weight is 130 g/mol. The molecule has 9 heavy (non-hydrogen) atoms. The van der Waals surface area contributed by atoms with Gasteiger partial charge in [0.15, 0.2) is 0 Å². The molecular formula is C7H18N2. The fourth-order valence-electron chi connectivity index (χ4n) is 0.865. The van der Waals surface area contributed by atoms with E-state index in [4.69, 9.17) is 5.73 Å². The summed E-state index contributed by atoms with van der Waals surface area (Å²) in [6, 6.07) is 0.638. The highest BCUT2D eigenvalue weighted by Crippen LogP contribution is 1.92. The van der Waals surface area contributed by atoms with Crippen molar-refractivity contribution in [1.82, 2.24) is 5.32 Å². The zero-order chi connectivity index (χ0) is 7.11. The highest BCUT2D eigenvalue weighted by atomic mass is 14.9. The highest BCUT2D eigenvalue weighted by Gasteiger charge is 1.95. The Balaban J connectivity index is 2.95. The predicted molar refractivity (Wildman–Crippen MR) is 41.4 cm³/mol. The summed E-state index contributed by atoms with van der Waals surface area (Å²) in [5.41, 5.74) is 5.31. The first kappa shape index (κ1) is 8.92. The van der Waals surface area contributed by atoms with Gasteiger partial charge in [0.1, 0.15) is 0 Å². The van der Waals surface area contributed by atoms with Crippen molar-refractivity contribution in [1.29, 1.82) is 0 Å². The minimum Gasteiger partial charge on any atom is -0.329 e. The van der Waals surface area contributed by atoms with E-state index in [1.807, 2.05) is 0 Å². The van der Waals surface area contributed by atoms with Crippen LogP contribution in [0.1, 0.15) is 26.7 Å². The fraction of sp³-hybridized carbons (Fsp3) is 1.00. The lowest BCUT2D eigenvalue weighted by molar-refractivity contribution is 0.515. The lowest BCUT2D eigenvalue weighted by Gasteiger charge is -2.10. The lowest BCUT2D eigenvalue weighted by atomic mass is 10.2. The third-order valence-corrected chi connectivity index (χ3v) is 1.36. The third kappa shape index (κ3) is 5.80. The molecule has 0 spiro atoms. The summed E-state index contributed by atoms with van der Waals surface area (Å²) in [6.07, 6.45) is 2.50. The maximum absolute atomic E-state index is 5.31. The van der Waals surface area contributed by atoms with Crippen LogP contribution in [0.2, 0.25) is 0 Å². The largest absolute Gasteiger partial charge is 0.329 e. The Labute approximate surface area is 57.8 Å². The minimum absolute atomic E-state index is 0.638. The number of hydrogen-bond donors (Lipinski definition) is 2. The third-order valence-electron chi connectivity index (χ3n) is 1.36. The van der Waals surface area contributed by atoms with Gasteiger partial charge in [-0.1, -0.05) is 13.3 Å². The fourth-order valence-corrected chi connectivity index (χ4v) is 0.865. The first-order valence-corrected chi connectivity index (χ1v) is 3.74. The quantitative estimate of drug-likeness (QED) is 0.575. The van der Waals surface area contributed by atoms with Crippen LogP contribution >= 0.6 is 0 Å². The average Bonchev–Trinajstić information content (AvgIpc) is 1.85. The summed E-state index contributed by atoms with van der Waals surface area (Å²) in [5, 5.41) is 3.31. The maximum atomic E-state index is 5.31. The SMILES string of the molecule is CCCC(C)NCCN. The van der Waals surface area contributed by atoms with E-state index in [0.717, 1.165) is 13.1 Å². The van der Waals surface area contributed by atoms with E-state index in [1.165, 1.54) is 12.8 Å². The van der Waals surface area contributed by atoms with Crippen molar-refractivity contribution in [3.8, 4) is 0 Å². The molecule has 0 amide bonds. The van der Waals surface area contributed by atoms with Crippen LogP contribution in [0, 0.1) is 0 Å². The monoisotopic (exact) mass is 130 g/mol. The van der Waals surface area contributed by atoms with Crippen molar-refractivity contribution in [3.05, 3.63) is 0 Å². The van der Waals surface area contributed by atoms with E-state index < -0.39 is 0 Å². The second kappa shape index (κ2) is 6.05. The van der Waals surface area contributed by atoms with Gasteiger partial charge in [0, 0.05) is 19.1 Å². The van der Waals surface area contributed by atoms with Crippen LogP contribution in [0.4, 0.5) is 0 Å². The summed E-state index contributed by atoms with van der Waals surface area (Å²) in [4.78, 5) is 0. The second-order valence-electron chi connectivity index (χ2n) is 2.43. The van der Waals surface area contributed by atoms with E-state index in [2.05, 4.69) is 19.2 Å². The van der Waals surface area contributed by atoms with E-state index >= 15 is 0 Å². The summed E-state index contributed by atoms with van der Waals surface area (Å²) in [7, 11) is 0. The molecule has 0 bridgehead atoms. The summed E-state index contributed by atoms with van der Waals surface area (Å²) >= 11 is 0. The normalized spacial score (nSPS) is 13.7. The van der Waals surface area contributed by atoms with Crippen LogP contribution in [0.3, 0.4) is 0 Å². The van der Waals surface area contributed by atoms with Crippen molar-refractivity contribution < 1.29 is 0 Å². The molecule has 56 valence electrons. The van der Waals surface area contributed by atoms with Crippen molar-refractivity contribution in [2.24, 2.45) is 5.73 Å². The van der Waals surface area contributed by atoms with Gasteiger partial charge in [-0.25, -0.2) is 0 Å². The highest BCUT2D eigenvalue weighted by molar-refractivity contribution is 4.58. The van der Waals surface area contributed by atoms with Crippen LogP contribution in [-0.4, -0.2) is 19.1 Å². The van der Waals surface area contributed by atoms with Crippen LogP contribution in [0.15, 0.2) is 0 Å². The molecule has 0 aliphatic rings. The van der Waals surface area contributed by atoms with Gasteiger partial charge in [0.25, 0.3) is 0 Å². The molecule has 0 heterocycles. The Morgan fingerprint density at radius 3 is 2.67 bits per heavy atom. The Morgan fingerprint density at radius 1 is 1.56 bits per heavy atom. The Bertz CT molecular complexity index is 54.9. The van der Waals surface area contributed by atoms with Crippen LogP contribution < -0.4 is 11.1 Å². The number of rotatable bonds is 5. The molecule has 0 radical (unpaired) electrons. The number of nitrogens with one attached hydrogen (secondary N) is 1. The van der Waals surface area contributed by atoms with Crippen LogP contribution in [0.5, 0.6) is 0 Å². The van der Waals surface area contributed by atoms with Crippen LogP contribution in [0.25, 0.3) is 0 Å². The Hall–Kier alpha value is -0.0800. The minimum atomic E-state index is 0.638. The van der Waals surface area contributed by atoms with E-state index in [-0.39, 0.29) is 0 Å². The topological polar surface area (TPSA) is 38.0 Å². The smallest absolute Gasteiger partial charge is 0.00769 e. The molecule has 0 rings (SSSR count). The Kier molecular flexibility index (Phi) is 5.99. The van der Waals surface area contributed by atoms with Crippen molar-refractivity contribution in [3.63, 3.8) is 0 Å². The second-order valence-corrected chi connectivity index (χ2v) is 2.43. The van der Waals surface area contributed by atoms with Crippen LogP contribution in [-0.2, 0) is 0 Å². The van der Waals surface area contributed by atoms with Gasteiger partial charge in [0.05, 0.1) is 0 Å². The molecule has 0 aromatic heterocycles. The van der Waals surface area contributed by atoms with Gasteiger partial charge in [-0.3, -0.25) is 0 Å². The van der Waals surface area contributed by atoms with Gasteiger partial charge in [-0.2, -0.15) is 0 Å². The Morgan fingerprint density at radius 2 is 2.22 bits per heavy atom. The summed E-state index contributed by atoms with van der Waals surface area (Å²) in [6.45, 7) is 6.08. The summed E-state index contributed by atoms with van der Waals surface area (Å²) < 4.78 is 0. The van der Waals surface area contributed by atoms with Gasteiger partial charge in [0.2, 0.25) is 0 Å². The predicted octanol–water partition coefficient (Wildman–Crippen LogP) is 0.723.